The Morgan fingerprint density at radius 3 is 2.67 bits per heavy atom. The highest BCUT2D eigenvalue weighted by Gasteiger charge is 2.18. The van der Waals surface area contributed by atoms with E-state index < -0.39 is 5.60 Å². The van der Waals surface area contributed by atoms with Crippen LogP contribution in [0.3, 0.4) is 0 Å². The van der Waals surface area contributed by atoms with Gasteiger partial charge >= 0.3 is 0 Å². The third kappa shape index (κ3) is 3.77. The molecule has 0 spiro atoms. The standard InChI is InChI=1S/C8H12Cl2N4O/c1-3-8(2,15)4-11-6-5(9)13-14-7(10)12-6/h15H,3-4H2,1-2H3,(H,11,12,14). The molecule has 5 nitrogen and oxygen atoms in total. The summed E-state index contributed by atoms with van der Waals surface area (Å²) in [5.41, 5.74) is -0.819. The van der Waals surface area contributed by atoms with E-state index >= 15 is 0 Å². The van der Waals surface area contributed by atoms with Crippen LogP contribution in [0.25, 0.3) is 0 Å². The smallest absolute Gasteiger partial charge is 0.245 e. The van der Waals surface area contributed by atoms with Crippen LogP contribution < -0.4 is 5.32 Å². The van der Waals surface area contributed by atoms with Crippen molar-refractivity contribution >= 4 is 29.0 Å². The van der Waals surface area contributed by atoms with Crippen LogP contribution >= 0.6 is 23.2 Å². The highest BCUT2D eigenvalue weighted by Crippen LogP contribution is 2.18. The van der Waals surface area contributed by atoms with Gasteiger partial charge in [-0.15, -0.1) is 10.2 Å². The fourth-order valence-corrected chi connectivity index (χ4v) is 1.07. The summed E-state index contributed by atoms with van der Waals surface area (Å²) in [7, 11) is 0. The zero-order valence-corrected chi connectivity index (χ0v) is 9.97. The van der Waals surface area contributed by atoms with Crippen LogP contribution in [-0.2, 0) is 0 Å². The monoisotopic (exact) mass is 250 g/mol. The minimum Gasteiger partial charge on any atom is -0.388 e. The van der Waals surface area contributed by atoms with Crippen molar-refractivity contribution in [3.63, 3.8) is 0 Å². The van der Waals surface area contributed by atoms with Crippen LogP contribution in [0.15, 0.2) is 0 Å². The van der Waals surface area contributed by atoms with E-state index in [-0.39, 0.29) is 10.4 Å². The quantitative estimate of drug-likeness (QED) is 0.853. The highest BCUT2D eigenvalue weighted by molar-refractivity contribution is 6.32. The number of rotatable bonds is 4. The van der Waals surface area contributed by atoms with E-state index in [4.69, 9.17) is 23.2 Å². The molecule has 1 aromatic heterocycles. The van der Waals surface area contributed by atoms with Gasteiger partial charge in [0.1, 0.15) is 0 Å². The van der Waals surface area contributed by atoms with Crippen LogP contribution in [0.1, 0.15) is 20.3 Å². The molecule has 0 saturated heterocycles. The molecule has 1 aromatic rings. The van der Waals surface area contributed by atoms with Crippen molar-refractivity contribution in [1.29, 1.82) is 0 Å². The number of hydrogen-bond acceptors (Lipinski definition) is 5. The summed E-state index contributed by atoms with van der Waals surface area (Å²) in [6.45, 7) is 3.91. The maximum Gasteiger partial charge on any atom is 0.245 e. The Balaban J connectivity index is 2.69. The molecule has 0 radical (unpaired) electrons. The lowest BCUT2D eigenvalue weighted by Crippen LogP contribution is -2.32. The van der Waals surface area contributed by atoms with Gasteiger partial charge in [0.05, 0.1) is 5.60 Å². The molecule has 0 aliphatic heterocycles. The van der Waals surface area contributed by atoms with Gasteiger partial charge in [0, 0.05) is 6.54 Å². The molecule has 0 aromatic carbocycles. The fraction of sp³-hybridized carbons (Fsp3) is 0.625. The third-order valence-corrected chi connectivity index (χ3v) is 2.43. The van der Waals surface area contributed by atoms with Crippen molar-refractivity contribution < 1.29 is 5.11 Å². The molecule has 0 aliphatic carbocycles. The molecule has 0 amide bonds. The van der Waals surface area contributed by atoms with E-state index in [1.165, 1.54) is 0 Å². The lowest BCUT2D eigenvalue weighted by Gasteiger charge is -2.21. The number of halogens is 2. The Bertz CT molecular complexity index is 345. The average Bonchev–Trinajstić information content (AvgIpc) is 2.20. The van der Waals surface area contributed by atoms with Crippen molar-refractivity contribution in [2.24, 2.45) is 0 Å². The van der Waals surface area contributed by atoms with Crippen LogP contribution in [-0.4, -0.2) is 32.4 Å². The van der Waals surface area contributed by atoms with Crippen molar-refractivity contribution in [1.82, 2.24) is 15.2 Å². The second-order valence-corrected chi connectivity index (χ2v) is 4.12. The van der Waals surface area contributed by atoms with Gasteiger partial charge in [-0.3, -0.25) is 0 Å². The summed E-state index contributed by atoms with van der Waals surface area (Å²) < 4.78 is 0. The van der Waals surface area contributed by atoms with Crippen LogP contribution in [0.2, 0.25) is 10.4 Å². The molecule has 1 unspecified atom stereocenters. The predicted molar refractivity (Wildman–Crippen MR) is 59.3 cm³/mol. The number of hydrogen-bond donors (Lipinski definition) is 2. The van der Waals surface area contributed by atoms with Gasteiger partial charge in [0.15, 0.2) is 11.0 Å². The Morgan fingerprint density at radius 1 is 1.40 bits per heavy atom. The molecule has 15 heavy (non-hydrogen) atoms. The van der Waals surface area contributed by atoms with Crippen LogP contribution in [0.5, 0.6) is 0 Å². The predicted octanol–water partition coefficient (Wildman–Crippen LogP) is 1.75. The van der Waals surface area contributed by atoms with Gasteiger partial charge < -0.3 is 10.4 Å². The first kappa shape index (κ1) is 12.4. The molecule has 7 heteroatoms. The summed E-state index contributed by atoms with van der Waals surface area (Å²) in [4.78, 5) is 3.85. The van der Waals surface area contributed by atoms with Gasteiger partial charge in [0.25, 0.3) is 0 Å². The fourth-order valence-electron chi connectivity index (χ4n) is 0.805. The normalized spacial score (nSPS) is 14.7. The number of nitrogens with one attached hydrogen (secondary N) is 1. The summed E-state index contributed by atoms with van der Waals surface area (Å²) >= 11 is 11.3. The molecule has 0 bridgehead atoms. The van der Waals surface area contributed by atoms with Gasteiger partial charge in [-0.2, -0.15) is 4.98 Å². The molecule has 1 rings (SSSR count). The summed E-state index contributed by atoms with van der Waals surface area (Å²) in [5, 5.41) is 19.8. The summed E-state index contributed by atoms with van der Waals surface area (Å²) in [5.74, 6) is 0.324. The van der Waals surface area contributed by atoms with E-state index in [1.807, 2.05) is 6.92 Å². The first-order valence-corrected chi connectivity index (χ1v) is 5.22. The molecule has 0 aliphatic rings. The van der Waals surface area contributed by atoms with Crippen molar-refractivity contribution in [3.8, 4) is 0 Å². The zero-order valence-electron chi connectivity index (χ0n) is 8.46. The maximum atomic E-state index is 9.74. The number of aromatic nitrogens is 3. The number of nitrogens with zero attached hydrogens (tertiary/aromatic N) is 3. The lowest BCUT2D eigenvalue weighted by atomic mass is 10.0. The minimum atomic E-state index is -0.819. The van der Waals surface area contributed by atoms with Gasteiger partial charge in [0.2, 0.25) is 5.28 Å². The SMILES string of the molecule is CCC(C)(O)CNc1nc(Cl)nnc1Cl. The molecular formula is C8H12Cl2N4O. The molecule has 1 atom stereocenters. The van der Waals surface area contributed by atoms with Crippen LogP contribution in [0, 0.1) is 0 Å². The number of anilines is 1. The molecule has 0 fully saturated rings. The zero-order chi connectivity index (χ0) is 11.5. The first-order chi connectivity index (χ1) is 6.94. The lowest BCUT2D eigenvalue weighted by molar-refractivity contribution is 0.0696. The van der Waals surface area contributed by atoms with Crippen molar-refractivity contribution in [2.75, 3.05) is 11.9 Å². The van der Waals surface area contributed by atoms with E-state index in [2.05, 4.69) is 20.5 Å². The van der Waals surface area contributed by atoms with Crippen LogP contribution in [0.4, 0.5) is 5.82 Å². The Hall–Kier alpha value is -0.650. The van der Waals surface area contributed by atoms with E-state index in [1.54, 1.807) is 6.92 Å². The highest BCUT2D eigenvalue weighted by atomic mass is 35.5. The van der Waals surface area contributed by atoms with E-state index in [0.29, 0.717) is 18.8 Å². The Morgan fingerprint density at radius 2 is 2.07 bits per heavy atom. The Kier molecular flexibility index (Phi) is 4.07. The second kappa shape index (κ2) is 4.92. The Labute approximate surface area is 97.8 Å². The summed E-state index contributed by atoms with van der Waals surface area (Å²) in [6.07, 6.45) is 0.615. The number of aliphatic hydroxyl groups is 1. The molecule has 84 valence electrons. The molecule has 2 N–H and O–H groups in total. The van der Waals surface area contributed by atoms with Crippen molar-refractivity contribution in [2.45, 2.75) is 25.9 Å². The van der Waals surface area contributed by atoms with Crippen molar-refractivity contribution in [3.05, 3.63) is 10.4 Å². The second-order valence-electron chi connectivity index (χ2n) is 3.42. The largest absolute Gasteiger partial charge is 0.388 e. The van der Waals surface area contributed by atoms with E-state index in [0.717, 1.165) is 0 Å². The first-order valence-electron chi connectivity index (χ1n) is 4.46. The van der Waals surface area contributed by atoms with Gasteiger partial charge in [-0.25, -0.2) is 0 Å². The molecular weight excluding hydrogens is 239 g/mol. The maximum absolute atomic E-state index is 9.74. The minimum absolute atomic E-state index is 0.0121. The molecule has 0 saturated carbocycles. The summed E-state index contributed by atoms with van der Waals surface area (Å²) in [6, 6.07) is 0. The topological polar surface area (TPSA) is 70.9 Å². The third-order valence-electron chi connectivity index (χ3n) is 2.02. The molecule has 1 heterocycles. The van der Waals surface area contributed by atoms with Gasteiger partial charge in [-0.05, 0) is 24.9 Å². The van der Waals surface area contributed by atoms with E-state index in [9.17, 15) is 5.11 Å². The van der Waals surface area contributed by atoms with Gasteiger partial charge in [-0.1, -0.05) is 18.5 Å². The average molecular weight is 251 g/mol.